The largest absolute Gasteiger partial charge is 0.481 e. The second-order valence-electron chi connectivity index (χ2n) is 5.51. The SMILES string of the molecule is CC(CN(C)CCN1C(=O)NC(C)(C)C1=O)C(=O)O. The first-order valence-corrected chi connectivity index (χ1v) is 6.20. The van der Waals surface area contributed by atoms with E-state index in [0.29, 0.717) is 13.1 Å². The molecule has 1 rings (SSSR count). The van der Waals surface area contributed by atoms with E-state index in [1.165, 1.54) is 4.90 Å². The summed E-state index contributed by atoms with van der Waals surface area (Å²) in [7, 11) is 1.77. The second kappa shape index (κ2) is 5.56. The molecule has 7 nitrogen and oxygen atoms in total. The van der Waals surface area contributed by atoms with Gasteiger partial charge in [-0.1, -0.05) is 6.92 Å². The number of aliphatic carboxylic acids is 1. The Balaban J connectivity index is 2.47. The van der Waals surface area contributed by atoms with Crippen LogP contribution in [0.5, 0.6) is 0 Å². The van der Waals surface area contributed by atoms with Gasteiger partial charge in [-0.05, 0) is 20.9 Å². The number of carbonyl (C=O) groups is 3. The summed E-state index contributed by atoms with van der Waals surface area (Å²) in [5, 5.41) is 11.4. The van der Waals surface area contributed by atoms with Crippen LogP contribution in [0.2, 0.25) is 0 Å². The minimum absolute atomic E-state index is 0.253. The predicted octanol–water partition coefficient (Wildman–Crippen LogP) is -0.0307. The van der Waals surface area contributed by atoms with Gasteiger partial charge in [-0.3, -0.25) is 14.5 Å². The van der Waals surface area contributed by atoms with Crippen LogP contribution in [-0.4, -0.2) is 65.0 Å². The van der Waals surface area contributed by atoms with Crippen molar-refractivity contribution in [1.82, 2.24) is 15.1 Å². The quantitative estimate of drug-likeness (QED) is 0.662. The van der Waals surface area contributed by atoms with E-state index in [4.69, 9.17) is 5.11 Å². The normalized spacial score (nSPS) is 19.7. The highest BCUT2D eigenvalue weighted by atomic mass is 16.4. The molecule has 1 heterocycles. The number of carboxylic acid groups (broad SMARTS) is 1. The second-order valence-corrected chi connectivity index (χ2v) is 5.51. The highest BCUT2D eigenvalue weighted by molar-refractivity contribution is 6.06. The lowest BCUT2D eigenvalue weighted by Gasteiger charge is -2.22. The molecule has 2 N–H and O–H groups in total. The molecule has 1 aliphatic rings. The Bertz CT molecular complexity index is 394. The summed E-state index contributed by atoms with van der Waals surface area (Å²) >= 11 is 0. The summed E-state index contributed by atoms with van der Waals surface area (Å²) in [6.07, 6.45) is 0. The lowest BCUT2D eigenvalue weighted by molar-refractivity contribution is -0.141. The number of urea groups is 1. The summed E-state index contributed by atoms with van der Waals surface area (Å²) in [5.41, 5.74) is -0.857. The van der Waals surface area contributed by atoms with Gasteiger partial charge in [0.1, 0.15) is 5.54 Å². The van der Waals surface area contributed by atoms with Gasteiger partial charge in [-0.25, -0.2) is 4.79 Å². The van der Waals surface area contributed by atoms with Crippen molar-refractivity contribution in [2.45, 2.75) is 26.3 Å². The first-order valence-electron chi connectivity index (χ1n) is 6.20. The van der Waals surface area contributed by atoms with Gasteiger partial charge in [0.25, 0.3) is 5.91 Å². The zero-order valence-electron chi connectivity index (χ0n) is 11.8. The molecule has 3 amide bonds. The number of rotatable bonds is 6. The minimum Gasteiger partial charge on any atom is -0.481 e. The molecule has 0 spiro atoms. The maximum absolute atomic E-state index is 11.9. The molecule has 0 bridgehead atoms. The third-order valence-electron chi connectivity index (χ3n) is 3.16. The van der Waals surface area contributed by atoms with Crippen molar-refractivity contribution in [2.24, 2.45) is 5.92 Å². The summed E-state index contributed by atoms with van der Waals surface area (Å²) in [6.45, 7) is 6.02. The molecule has 0 aromatic rings. The average molecular weight is 271 g/mol. The Morgan fingerprint density at radius 3 is 2.47 bits per heavy atom. The van der Waals surface area contributed by atoms with E-state index in [1.54, 1.807) is 32.7 Å². The Morgan fingerprint density at radius 1 is 1.47 bits per heavy atom. The first kappa shape index (κ1) is 15.4. The Morgan fingerprint density at radius 2 is 2.05 bits per heavy atom. The molecule has 1 saturated heterocycles. The molecular formula is C12H21N3O4. The Hall–Kier alpha value is -1.63. The van der Waals surface area contributed by atoms with Crippen LogP contribution in [0.25, 0.3) is 0 Å². The van der Waals surface area contributed by atoms with Crippen LogP contribution >= 0.6 is 0 Å². The molecule has 1 unspecified atom stereocenters. The van der Waals surface area contributed by atoms with Crippen LogP contribution < -0.4 is 5.32 Å². The molecule has 0 radical (unpaired) electrons. The molecule has 1 atom stereocenters. The highest BCUT2D eigenvalue weighted by Crippen LogP contribution is 2.16. The number of amides is 3. The van der Waals surface area contributed by atoms with Gasteiger partial charge in [-0.15, -0.1) is 0 Å². The molecule has 1 aliphatic heterocycles. The summed E-state index contributed by atoms with van der Waals surface area (Å²) in [4.78, 5) is 37.2. The Labute approximate surface area is 112 Å². The molecule has 0 aliphatic carbocycles. The predicted molar refractivity (Wildman–Crippen MR) is 68.6 cm³/mol. The smallest absolute Gasteiger partial charge is 0.325 e. The standard InChI is InChI=1S/C12H21N3O4/c1-8(9(16)17)7-14(4)5-6-15-10(18)12(2,3)13-11(15)19/h8H,5-7H2,1-4H3,(H,13,19)(H,16,17). The van der Waals surface area contributed by atoms with Gasteiger partial charge in [0.15, 0.2) is 0 Å². The van der Waals surface area contributed by atoms with E-state index in [-0.39, 0.29) is 12.5 Å². The van der Waals surface area contributed by atoms with E-state index in [0.717, 1.165) is 0 Å². The van der Waals surface area contributed by atoms with Crippen molar-refractivity contribution in [2.75, 3.05) is 26.7 Å². The number of imide groups is 1. The number of nitrogens with one attached hydrogen (secondary N) is 1. The van der Waals surface area contributed by atoms with Crippen molar-refractivity contribution in [3.05, 3.63) is 0 Å². The van der Waals surface area contributed by atoms with Crippen LogP contribution in [0.4, 0.5) is 4.79 Å². The number of hydrogen-bond donors (Lipinski definition) is 2. The molecule has 108 valence electrons. The van der Waals surface area contributed by atoms with Gasteiger partial charge in [-0.2, -0.15) is 0 Å². The summed E-state index contributed by atoms with van der Waals surface area (Å²) < 4.78 is 0. The maximum atomic E-state index is 11.9. The molecule has 0 aromatic carbocycles. The summed E-state index contributed by atoms with van der Waals surface area (Å²) in [5.74, 6) is -1.59. The lowest BCUT2D eigenvalue weighted by atomic mass is 10.1. The number of likely N-dealkylation sites (N-methyl/N-ethyl adjacent to an activating group) is 1. The van der Waals surface area contributed by atoms with E-state index < -0.39 is 23.5 Å². The fraction of sp³-hybridized carbons (Fsp3) is 0.750. The van der Waals surface area contributed by atoms with Crippen molar-refractivity contribution >= 4 is 17.9 Å². The molecule has 1 fully saturated rings. The van der Waals surface area contributed by atoms with Gasteiger partial charge >= 0.3 is 12.0 Å². The molecular weight excluding hydrogens is 250 g/mol. The highest BCUT2D eigenvalue weighted by Gasteiger charge is 2.43. The summed E-state index contributed by atoms with van der Waals surface area (Å²) in [6, 6.07) is -0.394. The molecule has 0 saturated carbocycles. The topological polar surface area (TPSA) is 90.0 Å². The molecule has 0 aromatic heterocycles. The first-order chi connectivity index (χ1) is 8.65. The fourth-order valence-corrected chi connectivity index (χ4v) is 1.93. The lowest BCUT2D eigenvalue weighted by Crippen LogP contribution is -2.42. The number of nitrogens with zero attached hydrogens (tertiary/aromatic N) is 2. The monoisotopic (exact) mass is 271 g/mol. The maximum Gasteiger partial charge on any atom is 0.325 e. The molecule has 7 heteroatoms. The zero-order chi connectivity index (χ0) is 14.8. The minimum atomic E-state index is -0.858. The van der Waals surface area contributed by atoms with Crippen LogP contribution in [0.15, 0.2) is 0 Å². The Kier molecular flexibility index (Phi) is 4.52. The van der Waals surface area contributed by atoms with Gasteiger partial charge in [0.2, 0.25) is 0 Å². The number of carbonyl (C=O) groups excluding carboxylic acids is 2. The van der Waals surface area contributed by atoms with Crippen molar-refractivity contribution < 1.29 is 19.5 Å². The van der Waals surface area contributed by atoms with Crippen LogP contribution in [-0.2, 0) is 9.59 Å². The van der Waals surface area contributed by atoms with Crippen LogP contribution in [0.1, 0.15) is 20.8 Å². The number of hydrogen-bond acceptors (Lipinski definition) is 4. The fourth-order valence-electron chi connectivity index (χ4n) is 1.93. The van der Waals surface area contributed by atoms with Gasteiger partial charge in [0, 0.05) is 19.6 Å². The van der Waals surface area contributed by atoms with Crippen molar-refractivity contribution in [3.8, 4) is 0 Å². The van der Waals surface area contributed by atoms with E-state index in [2.05, 4.69) is 5.32 Å². The van der Waals surface area contributed by atoms with E-state index in [1.807, 2.05) is 0 Å². The van der Waals surface area contributed by atoms with Crippen molar-refractivity contribution in [3.63, 3.8) is 0 Å². The molecule has 19 heavy (non-hydrogen) atoms. The van der Waals surface area contributed by atoms with Gasteiger partial charge < -0.3 is 15.3 Å². The van der Waals surface area contributed by atoms with Crippen molar-refractivity contribution in [1.29, 1.82) is 0 Å². The third kappa shape index (κ3) is 3.66. The van der Waals surface area contributed by atoms with E-state index >= 15 is 0 Å². The van der Waals surface area contributed by atoms with E-state index in [9.17, 15) is 14.4 Å². The average Bonchev–Trinajstić information content (AvgIpc) is 2.46. The van der Waals surface area contributed by atoms with Crippen LogP contribution in [0.3, 0.4) is 0 Å². The van der Waals surface area contributed by atoms with Gasteiger partial charge in [0.05, 0.1) is 5.92 Å². The zero-order valence-corrected chi connectivity index (χ0v) is 11.8. The van der Waals surface area contributed by atoms with Crippen LogP contribution in [0, 0.1) is 5.92 Å². The number of carboxylic acids is 1. The third-order valence-corrected chi connectivity index (χ3v) is 3.16.